The second-order valence-corrected chi connectivity index (χ2v) is 4.56. The maximum absolute atomic E-state index is 11.9. The van der Waals surface area contributed by atoms with Gasteiger partial charge in [0.25, 0.3) is 5.56 Å². The summed E-state index contributed by atoms with van der Waals surface area (Å²) in [6, 6.07) is 1.36. The van der Waals surface area contributed by atoms with E-state index in [1.54, 1.807) is 6.92 Å². The highest BCUT2D eigenvalue weighted by Crippen LogP contribution is 2.23. The zero-order valence-electron chi connectivity index (χ0n) is 10.4. The Morgan fingerprint density at radius 1 is 1.44 bits per heavy atom. The number of H-pyrrole nitrogens is 1. The van der Waals surface area contributed by atoms with Crippen molar-refractivity contribution in [1.29, 1.82) is 0 Å². The lowest BCUT2D eigenvalue weighted by Crippen LogP contribution is -2.27. The van der Waals surface area contributed by atoms with E-state index in [0.29, 0.717) is 24.1 Å². The van der Waals surface area contributed by atoms with Crippen LogP contribution in [0, 0.1) is 5.92 Å². The zero-order valence-corrected chi connectivity index (χ0v) is 10.4. The maximum Gasteiger partial charge on any atom is 0.343 e. The van der Waals surface area contributed by atoms with Crippen LogP contribution in [0.4, 0.5) is 0 Å². The predicted molar refractivity (Wildman–Crippen MR) is 64.8 cm³/mol. The number of carbonyl (C=O) groups is 2. The molecule has 96 valence electrons. The number of pyridine rings is 1. The summed E-state index contributed by atoms with van der Waals surface area (Å²) in [5.74, 6) is -0.507. The molecule has 0 fully saturated rings. The standard InChI is InChI=1S/C13H15NO4/c1-3-18-13(17)9-6-8-10(14-12(9)16)4-7(2)5-11(8)15/h6-7H,3-5H2,1-2H3,(H,14,16). The van der Waals surface area contributed by atoms with E-state index in [9.17, 15) is 14.4 Å². The topological polar surface area (TPSA) is 76.2 Å². The van der Waals surface area contributed by atoms with E-state index in [4.69, 9.17) is 4.74 Å². The molecule has 0 saturated heterocycles. The number of ketones is 1. The summed E-state index contributed by atoms with van der Waals surface area (Å²) in [4.78, 5) is 37.8. The van der Waals surface area contributed by atoms with E-state index < -0.39 is 11.5 Å². The quantitative estimate of drug-likeness (QED) is 0.802. The van der Waals surface area contributed by atoms with Crippen LogP contribution in [0.3, 0.4) is 0 Å². The molecule has 18 heavy (non-hydrogen) atoms. The Hall–Kier alpha value is -1.91. The summed E-state index contributed by atoms with van der Waals surface area (Å²) in [6.07, 6.45) is 1.10. The number of Topliss-reactive ketones (excluding diaryl/α,β-unsaturated/α-hetero) is 1. The fourth-order valence-corrected chi connectivity index (χ4v) is 2.19. The molecule has 1 aromatic rings. The summed E-state index contributed by atoms with van der Waals surface area (Å²) in [5, 5.41) is 0. The Morgan fingerprint density at radius 2 is 2.17 bits per heavy atom. The molecule has 1 unspecified atom stereocenters. The van der Waals surface area contributed by atoms with E-state index in [-0.39, 0.29) is 23.9 Å². The van der Waals surface area contributed by atoms with Gasteiger partial charge in [0.1, 0.15) is 5.56 Å². The third-order valence-electron chi connectivity index (χ3n) is 3.01. The first-order valence-electron chi connectivity index (χ1n) is 5.99. The molecule has 1 aliphatic rings. The van der Waals surface area contributed by atoms with Crippen molar-refractivity contribution >= 4 is 11.8 Å². The summed E-state index contributed by atoms with van der Waals surface area (Å²) in [5.41, 5.74) is 0.472. The molecule has 0 radical (unpaired) electrons. The first kappa shape index (κ1) is 12.5. The fourth-order valence-electron chi connectivity index (χ4n) is 2.19. The molecular weight excluding hydrogens is 234 g/mol. The summed E-state index contributed by atoms with van der Waals surface area (Å²) in [7, 11) is 0. The predicted octanol–water partition coefficient (Wildman–Crippen LogP) is 1.32. The maximum atomic E-state index is 11.9. The van der Waals surface area contributed by atoms with Crippen molar-refractivity contribution in [2.75, 3.05) is 6.61 Å². The van der Waals surface area contributed by atoms with Crippen molar-refractivity contribution in [3.05, 3.63) is 33.2 Å². The molecule has 1 heterocycles. The molecule has 2 rings (SSSR count). The van der Waals surface area contributed by atoms with Crippen molar-refractivity contribution in [1.82, 2.24) is 4.98 Å². The Labute approximate surface area is 104 Å². The van der Waals surface area contributed by atoms with Crippen LogP contribution >= 0.6 is 0 Å². The van der Waals surface area contributed by atoms with Crippen LogP contribution in [0.5, 0.6) is 0 Å². The fraction of sp³-hybridized carbons (Fsp3) is 0.462. The van der Waals surface area contributed by atoms with Crippen LogP contribution in [0.2, 0.25) is 0 Å². The first-order valence-corrected chi connectivity index (χ1v) is 5.99. The molecule has 0 saturated carbocycles. The number of fused-ring (bicyclic) bond motifs is 1. The SMILES string of the molecule is CCOC(=O)c1cc2c([nH]c1=O)CC(C)CC2=O. The van der Waals surface area contributed by atoms with Crippen LogP contribution in [0.25, 0.3) is 0 Å². The molecule has 1 N–H and O–H groups in total. The normalized spacial score (nSPS) is 18.3. The lowest BCUT2D eigenvalue weighted by atomic mass is 9.86. The molecule has 5 nitrogen and oxygen atoms in total. The molecule has 5 heteroatoms. The van der Waals surface area contributed by atoms with Crippen LogP contribution in [-0.2, 0) is 11.2 Å². The highest BCUT2D eigenvalue weighted by molar-refractivity contribution is 6.00. The number of esters is 1. The summed E-state index contributed by atoms with van der Waals surface area (Å²) < 4.78 is 4.79. The van der Waals surface area contributed by atoms with Crippen LogP contribution in [-0.4, -0.2) is 23.3 Å². The van der Waals surface area contributed by atoms with E-state index >= 15 is 0 Å². The number of hydrogen-bond donors (Lipinski definition) is 1. The molecule has 1 aliphatic carbocycles. The third kappa shape index (κ3) is 2.20. The van der Waals surface area contributed by atoms with Gasteiger partial charge in [0.05, 0.1) is 6.61 Å². The highest BCUT2D eigenvalue weighted by atomic mass is 16.5. The lowest BCUT2D eigenvalue weighted by molar-refractivity contribution is 0.0524. The van der Waals surface area contributed by atoms with Gasteiger partial charge in [-0.2, -0.15) is 0 Å². The Kier molecular flexibility index (Phi) is 3.32. The van der Waals surface area contributed by atoms with Crippen molar-refractivity contribution in [3.63, 3.8) is 0 Å². The second-order valence-electron chi connectivity index (χ2n) is 4.56. The molecule has 0 aromatic carbocycles. The van der Waals surface area contributed by atoms with Gasteiger partial charge in [0.2, 0.25) is 0 Å². The average Bonchev–Trinajstić information content (AvgIpc) is 2.27. The molecule has 1 atom stereocenters. The molecule has 1 aromatic heterocycles. The van der Waals surface area contributed by atoms with Gasteiger partial charge in [-0.05, 0) is 25.3 Å². The van der Waals surface area contributed by atoms with E-state index in [2.05, 4.69) is 4.98 Å². The molecule has 0 aliphatic heterocycles. The Balaban J connectivity index is 2.48. The number of hydrogen-bond acceptors (Lipinski definition) is 4. The van der Waals surface area contributed by atoms with Gasteiger partial charge in [0.15, 0.2) is 5.78 Å². The zero-order chi connectivity index (χ0) is 13.3. The number of aromatic nitrogens is 1. The monoisotopic (exact) mass is 249 g/mol. The van der Waals surface area contributed by atoms with Gasteiger partial charge in [-0.25, -0.2) is 4.79 Å². The summed E-state index contributed by atoms with van der Waals surface area (Å²) in [6.45, 7) is 3.82. The molecule has 0 bridgehead atoms. The first-order chi connectivity index (χ1) is 8.52. The van der Waals surface area contributed by atoms with Crippen LogP contribution < -0.4 is 5.56 Å². The van der Waals surface area contributed by atoms with Gasteiger partial charge in [-0.1, -0.05) is 6.92 Å². The van der Waals surface area contributed by atoms with Crippen molar-refractivity contribution in [2.24, 2.45) is 5.92 Å². The smallest absolute Gasteiger partial charge is 0.343 e. The van der Waals surface area contributed by atoms with E-state index in [1.807, 2.05) is 6.92 Å². The minimum Gasteiger partial charge on any atom is -0.462 e. The third-order valence-corrected chi connectivity index (χ3v) is 3.01. The minimum atomic E-state index is -0.687. The average molecular weight is 249 g/mol. The van der Waals surface area contributed by atoms with Gasteiger partial charge < -0.3 is 9.72 Å². The molecule has 0 amide bonds. The summed E-state index contributed by atoms with van der Waals surface area (Å²) >= 11 is 0. The Morgan fingerprint density at radius 3 is 2.83 bits per heavy atom. The van der Waals surface area contributed by atoms with E-state index in [0.717, 1.165) is 0 Å². The minimum absolute atomic E-state index is 0.0365. The number of aromatic amines is 1. The number of carbonyl (C=O) groups excluding carboxylic acids is 2. The highest BCUT2D eigenvalue weighted by Gasteiger charge is 2.25. The van der Waals surface area contributed by atoms with Gasteiger partial charge >= 0.3 is 5.97 Å². The van der Waals surface area contributed by atoms with Crippen LogP contribution in [0.1, 0.15) is 46.7 Å². The second kappa shape index (κ2) is 4.76. The van der Waals surface area contributed by atoms with E-state index in [1.165, 1.54) is 6.07 Å². The number of rotatable bonds is 2. The van der Waals surface area contributed by atoms with Gasteiger partial charge in [0, 0.05) is 17.7 Å². The number of nitrogens with one attached hydrogen (secondary N) is 1. The van der Waals surface area contributed by atoms with Crippen molar-refractivity contribution in [3.8, 4) is 0 Å². The van der Waals surface area contributed by atoms with Crippen LogP contribution in [0.15, 0.2) is 10.9 Å². The molecule has 0 spiro atoms. The van der Waals surface area contributed by atoms with Gasteiger partial charge in [-0.15, -0.1) is 0 Å². The largest absolute Gasteiger partial charge is 0.462 e. The van der Waals surface area contributed by atoms with Crippen molar-refractivity contribution in [2.45, 2.75) is 26.7 Å². The van der Waals surface area contributed by atoms with Crippen molar-refractivity contribution < 1.29 is 14.3 Å². The molecular formula is C13H15NO4. The van der Waals surface area contributed by atoms with Gasteiger partial charge in [-0.3, -0.25) is 9.59 Å². The lowest BCUT2D eigenvalue weighted by Gasteiger charge is -2.20. The number of ether oxygens (including phenoxy) is 1. The Bertz CT molecular complexity index is 559.